The molecule has 4 rings (SSSR count). The summed E-state index contributed by atoms with van der Waals surface area (Å²) >= 11 is 0. The number of carbonyl (C=O) groups excluding carboxylic acids is 1. The van der Waals surface area contributed by atoms with Crippen LogP contribution in [-0.2, 0) is 17.6 Å². The summed E-state index contributed by atoms with van der Waals surface area (Å²) in [5.74, 6) is 2.76. The van der Waals surface area contributed by atoms with Crippen molar-refractivity contribution < 1.29 is 18.7 Å². The molecule has 0 fully saturated rings. The molecular weight excluding hydrogens is 400 g/mol. The first-order valence-electron chi connectivity index (χ1n) is 10.9. The first-order valence-corrected chi connectivity index (χ1v) is 10.9. The highest BCUT2D eigenvalue weighted by molar-refractivity contribution is 5.82. The van der Waals surface area contributed by atoms with Crippen LogP contribution in [0.1, 0.15) is 29.7 Å². The molecule has 1 atom stereocenters. The van der Waals surface area contributed by atoms with Gasteiger partial charge in [0, 0.05) is 36.8 Å². The zero-order chi connectivity index (χ0) is 22.3. The Hall–Kier alpha value is -3.53. The Morgan fingerprint density at radius 1 is 0.969 bits per heavy atom. The van der Waals surface area contributed by atoms with E-state index in [4.69, 9.17) is 13.9 Å². The summed E-state index contributed by atoms with van der Waals surface area (Å²) in [5, 5.41) is 0. The van der Waals surface area contributed by atoms with E-state index in [0.717, 1.165) is 29.9 Å². The third-order valence-corrected chi connectivity index (χ3v) is 5.97. The quantitative estimate of drug-likeness (QED) is 0.393. The monoisotopic (exact) mass is 428 g/mol. The third kappa shape index (κ3) is 5.02. The van der Waals surface area contributed by atoms with Crippen molar-refractivity contribution in [1.82, 2.24) is 0 Å². The minimum absolute atomic E-state index is 0.194. The van der Waals surface area contributed by atoms with Gasteiger partial charge in [-0.1, -0.05) is 54.1 Å². The van der Waals surface area contributed by atoms with Gasteiger partial charge in [0.05, 0.1) is 20.5 Å². The Kier molecular flexibility index (Phi) is 6.90. The lowest BCUT2D eigenvalue weighted by molar-refractivity contribution is -0.118. The molecule has 0 bridgehead atoms. The van der Waals surface area contributed by atoms with E-state index in [1.807, 2.05) is 36.4 Å². The number of ether oxygens (including phenoxy) is 2. The molecule has 0 aliphatic heterocycles. The van der Waals surface area contributed by atoms with Crippen LogP contribution in [0.3, 0.4) is 0 Å². The van der Waals surface area contributed by atoms with Crippen LogP contribution in [0.25, 0.3) is 5.57 Å². The van der Waals surface area contributed by atoms with Gasteiger partial charge in [0.15, 0.2) is 0 Å². The van der Waals surface area contributed by atoms with Gasteiger partial charge in [-0.15, -0.1) is 0 Å². The van der Waals surface area contributed by atoms with Crippen LogP contribution in [0.4, 0.5) is 0 Å². The van der Waals surface area contributed by atoms with Crippen molar-refractivity contribution in [3.05, 3.63) is 102 Å². The zero-order valence-corrected chi connectivity index (χ0v) is 18.5. The molecule has 0 radical (unpaired) electrons. The van der Waals surface area contributed by atoms with Crippen molar-refractivity contribution >= 4 is 11.4 Å². The number of carbonyl (C=O) groups is 1. The van der Waals surface area contributed by atoms with Crippen molar-refractivity contribution in [3.63, 3.8) is 0 Å². The van der Waals surface area contributed by atoms with Crippen LogP contribution in [0.5, 0.6) is 11.5 Å². The molecule has 1 aliphatic rings. The van der Waals surface area contributed by atoms with Gasteiger partial charge in [0.1, 0.15) is 23.0 Å². The average molecular weight is 429 g/mol. The maximum atomic E-state index is 12.8. The summed E-state index contributed by atoms with van der Waals surface area (Å²) in [4.78, 5) is 12.8. The first-order chi connectivity index (χ1) is 15.7. The van der Waals surface area contributed by atoms with Gasteiger partial charge in [-0.3, -0.25) is 4.79 Å². The largest absolute Gasteiger partial charge is 0.497 e. The van der Waals surface area contributed by atoms with Crippen LogP contribution in [0, 0.1) is 5.92 Å². The number of rotatable bonds is 10. The highest BCUT2D eigenvalue weighted by Gasteiger charge is 2.26. The van der Waals surface area contributed by atoms with Crippen molar-refractivity contribution in [2.45, 2.75) is 25.7 Å². The number of hydrogen-bond donors (Lipinski definition) is 0. The molecule has 0 saturated heterocycles. The van der Waals surface area contributed by atoms with Gasteiger partial charge >= 0.3 is 0 Å². The van der Waals surface area contributed by atoms with Crippen LogP contribution >= 0.6 is 0 Å². The normalized spacial score (nSPS) is 15.2. The summed E-state index contributed by atoms with van der Waals surface area (Å²) in [6, 6.07) is 19.9. The summed E-state index contributed by atoms with van der Waals surface area (Å²) in [6.45, 7) is 0. The van der Waals surface area contributed by atoms with E-state index >= 15 is 0 Å². The van der Waals surface area contributed by atoms with E-state index in [1.54, 1.807) is 20.5 Å². The van der Waals surface area contributed by atoms with Gasteiger partial charge in [-0.05, 0) is 35.8 Å². The van der Waals surface area contributed by atoms with E-state index in [-0.39, 0.29) is 11.7 Å². The molecule has 0 saturated carbocycles. The highest BCUT2D eigenvalue weighted by atomic mass is 16.5. The van der Waals surface area contributed by atoms with Gasteiger partial charge < -0.3 is 13.9 Å². The van der Waals surface area contributed by atoms with Gasteiger partial charge in [-0.2, -0.15) is 0 Å². The number of furan rings is 1. The molecule has 164 valence electrons. The van der Waals surface area contributed by atoms with E-state index in [2.05, 4.69) is 36.4 Å². The minimum Gasteiger partial charge on any atom is -0.497 e. The Bertz CT molecular complexity index is 1110. The Labute approximate surface area is 189 Å². The number of hydrogen-bond acceptors (Lipinski definition) is 4. The second kappa shape index (κ2) is 10.2. The molecule has 3 aromatic rings. The lowest BCUT2D eigenvalue weighted by Crippen LogP contribution is -2.10. The molecule has 4 heteroatoms. The second-order valence-corrected chi connectivity index (χ2v) is 7.96. The topological polar surface area (TPSA) is 48.7 Å². The van der Waals surface area contributed by atoms with E-state index < -0.39 is 0 Å². The molecule has 1 unspecified atom stereocenters. The van der Waals surface area contributed by atoms with Crippen LogP contribution in [0.2, 0.25) is 0 Å². The fourth-order valence-corrected chi connectivity index (χ4v) is 4.27. The molecule has 0 spiro atoms. The zero-order valence-electron chi connectivity index (χ0n) is 18.5. The summed E-state index contributed by atoms with van der Waals surface area (Å²) in [5.41, 5.74) is 4.65. The number of Topliss-reactive ketones (excluding diaryl/α,β-unsaturated/α-hetero) is 1. The van der Waals surface area contributed by atoms with Crippen molar-refractivity contribution in [2.24, 2.45) is 5.92 Å². The van der Waals surface area contributed by atoms with E-state index in [0.29, 0.717) is 18.6 Å². The lowest BCUT2D eigenvalue weighted by Gasteiger charge is -2.19. The molecule has 4 nitrogen and oxygen atoms in total. The van der Waals surface area contributed by atoms with Crippen molar-refractivity contribution in [3.8, 4) is 11.5 Å². The molecule has 2 aromatic carbocycles. The fourth-order valence-electron chi connectivity index (χ4n) is 4.27. The fraction of sp³-hybridized carbons (Fsp3) is 0.250. The summed E-state index contributed by atoms with van der Waals surface area (Å²) in [7, 11) is 3.23. The molecular formula is C28H28O4. The summed E-state index contributed by atoms with van der Waals surface area (Å²) < 4.78 is 16.3. The summed E-state index contributed by atoms with van der Waals surface area (Å²) in [6.07, 6.45) is 8.45. The minimum atomic E-state index is 0.194. The standard InChI is InChI=1S/C28H28O4/c1-30-24-14-11-22(28(19-24)31-2)17-23(29)13-10-21-12-15-26(20-7-4-3-5-8-20)27(21)18-25-9-6-16-32-25/h3-9,11-12,14-16,19,27H,10,13,17-18H2,1-2H3. The maximum Gasteiger partial charge on any atom is 0.137 e. The number of methoxy groups -OCH3 is 2. The van der Waals surface area contributed by atoms with Gasteiger partial charge in [0.25, 0.3) is 0 Å². The van der Waals surface area contributed by atoms with Crippen LogP contribution < -0.4 is 9.47 Å². The molecule has 0 amide bonds. The predicted octanol–water partition coefficient (Wildman–Crippen LogP) is 6.07. The Balaban J connectivity index is 1.43. The molecule has 32 heavy (non-hydrogen) atoms. The Morgan fingerprint density at radius 2 is 1.81 bits per heavy atom. The highest BCUT2D eigenvalue weighted by Crippen LogP contribution is 2.39. The molecule has 1 aromatic heterocycles. The SMILES string of the molecule is COc1ccc(CC(=O)CCC2=CC=C(c3ccccc3)C2Cc2ccco2)c(OC)c1. The first kappa shape index (κ1) is 21.7. The molecule has 0 N–H and O–H groups in total. The smallest absolute Gasteiger partial charge is 0.137 e. The average Bonchev–Trinajstić information content (AvgIpc) is 3.49. The van der Waals surface area contributed by atoms with Crippen molar-refractivity contribution in [2.75, 3.05) is 14.2 Å². The van der Waals surface area contributed by atoms with E-state index in [1.165, 1.54) is 16.7 Å². The predicted molar refractivity (Wildman–Crippen MR) is 126 cm³/mol. The van der Waals surface area contributed by atoms with E-state index in [9.17, 15) is 4.79 Å². The Morgan fingerprint density at radius 3 is 2.53 bits per heavy atom. The molecule has 1 aliphatic carbocycles. The van der Waals surface area contributed by atoms with Crippen LogP contribution in [-0.4, -0.2) is 20.0 Å². The molecule has 1 heterocycles. The second-order valence-electron chi connectivity index (χ2n) is 7.96. The van der Waals surface area contributed by atoms with Gasteiger partial charge in [-0.25, -0.2) is 0 Å². The lowest BCUT2D eigenvalue weighted by atomic mass is 9.85. The third-order valence-electron chi connectivity index (χ3n) is 5.97. The maximum absolute atomic E-state index is 12.8. The van der Waals surface area contributed by atoms with Gasteiger partial charge in [0.2, 0.25) is 0 Å². The number of benzene rings is 2. The number of ketones is 1. The number of allylic oxidation sites excluding steroid dienone is 4. The van der Waals surface area contributed by atoms with Crippen molar-refractivity contribution in [1.29, 1.82) is 0 Å². The van der Waals surface area contributed by atoms with Crippen LogP contribution in [0.15, 0.2) is 89.1 Å².